The molecular formula is C13H20O4S4. The fourth-order valence-corrected chi connectivity index (χ4v) is 4.02. The van der Waals surface area contributed by atoms with Gasteiger partial charge >= 0.3 is 0 Å². The lowest BCUT2D eigenvalue weighted by atomic mass is 10.3. The lowest BCUT2D eigenvalue weighted by Gasteiger charge is -2.12. The highest BCUT2D eigenvalue weighted by Gasteiger charge is 2.17. The van der Waals surface area contributed by atoms with Gasteiger partial charge in [-0.3, -0.25) is 0 Å². The second kappa shape index (κ2) is 10.2. The molecule has 21 heavy (non-hydrogen) atoms. The van der Waals surface area contributed by atoms with E-state index < -0.39 is 0 Å². The van der Waals surface area contributed by atoms with Crippen LogP contribution in [0.2, 0.25) is 0 Å². The van der Waals surface area contributed by atoms with Crippen LogP contribution in [0.1, 0.15) is 25.7 Å². The Bertz CT molecular complexity index is 309. The lowest BCUT2D eigenvalue weighted by Crippen LogP contribution is -2.13. The summed E-state index contributed by atoms with van der Waals surface area (Å²) in [7, 11) is 0. The van der Waals surface area contributed by atoms with E-state index in [1.54, 1.807) is 0 Å². The van der Waals surface area contributed by atoms with Crippen molar-refractivity contribution in [1.82, 2.24) is 0 Å². The molecule has 0 amide bonds. The highest BCUT2D eigenvalue weighted by atomic mass is 32.2. The Morgan fingerprint density at radius 3 is 1.76 bits per heavy atom. The number of thioether (sulfide) groups is 2. The smallest absolute Gasteiger partial charge is 0.234 e. The summed E-state index contributed by atoms with van der Waals surface area (Å²) in [4.78, 5) is 0. The molecule has 0 N–H and O–H groups in total. The monoisotopic (exact) mass is 368 g/mol. The molecule has 0 aromatic carbocycles. The van der Waals surface area contributed by atoms with E-state index in [1.807, 2.05) is 0 Å². The van der Waals surface area contributed by atoms with Crippen molar-refractivity contribution < 1.29 is 18.9 Å². The van der Waals surface area contributed by atoms with Crippen molar-refractivity contribution in [3.63, 3.8) is 0 Å². The largest absolute Gasteiger partial charge is 0.441 e. The molecule has 0 saturated carbocycles. The average molecular weight is 369 g/mol. The number of rotatable bonds is 6. The molecule has 8 heteroatoms. The van der Waals surface area contributed by atoms with Crippen LogP contribution in [0.15, 0.2) is 0 Å². The molecule has 0 spiro atoms. The molecule has 0 radical (unpaired) electrons. The molecule has 2 rings (SSSR count). The quantitative estimate of drug-likeness (QED) is 0.522. The van der Waals surface area contributed by atoms with Gasteiger partial charge in [0.15, 0.2) is 0 Å². The van der Waals surface area contributed by atoms with Gasteiger partial charge < -0.3 is 18.9 Å². The zero-order valence-corrected chi connectivity index (χ0v) is 15.1. The van der Waals surface area contributed by atoms with Gasteiger partial charge in [0, 0.05) is 24.7 Å². The second-order valence-corrected chi connectivity index (χ2v) is 8.04. The van der Waals surface area contributed by atoms with Gasteiger partial charge in [0.25, 0.3) is 0 Å². The summed E-state index contributed by atoms with van der Waals surface area (Å²) in [5, 5.41) is 0. The predicted molar refractivity (Wildman–Crippen MR) is 95.1 cm³/mol. The minimum atomic E-state index is 0.0781. The van der Waals surface area contributed by atoms with Crippen LogP contribution < -0.4 is 0 Å². The van der Waals surface area contributed by atoms with Crippen LogP contribution in [0.5, 0.6) is 0 Å². The SMILES string of the molecule is S=C(OCOC(=S)SCC1CCCO1)SCC1CCCO1. The average Bonchev–Trinajstić information content (AvgIpc) is 3.16. The third-order valence-electron chi connectivity index (χ3n) is 3.18. The molecule has 2 aliphatic rings. The van der Waals surface area contributed by atoms with E-state index >= 15 is 0 Å². The van der Waals surface area contributed by atoms with Crippen molar-refractivity contribution in [1.29, 1.82) is 0 Å². The highest BCUT2D eigenvalue weighted by Crippen LogP contribution is 2.20. The molecule has 2 fully saturated rings. The molecule has 120 valence electrons. The third-order valence-corrected chi connectivity index (χ3v) is 5.90. The predicted octanol–water partition coefficient (Wildman–Crippen LogP) is 3.37. The minimum absolute atomic E-state index is 0.0781. The molecule has 0 aromatic heterocycles. The summed E-state index contributed by atoms with van der Waals surface area (Å²) in [6.07, 6.45) is 5.10. The van der Waals surface area contributed by atoms with Gasteiger partial charge in [-0.1, -0.05) is 23.5 Å². The Labute approximate surface area is 145 Å². The molecule has 2 atom stereocenters. The lowest BCUT2D eigenvalue weighted by molar-refractivity contribution is 0.113. The van der Waals surface area contributed by atoms with Crippen LogP contribution in [0.3, 0.4) is 0 Å². The number of ether oxygens (including phenoxy) is 4. The molecular weight excluding hydrogens is 348 g/mol. The summed E-state index contributed by atoms with van der Waals surface area (Å²) in [5.74, 6) is 1.69. The van der Waals surface area contributed by atoms with Crippen LogP contribution in [0.4, 0.5) is 0 Å². The fraction of sp³-hybridized carbons (Fsp3) is 0.846. The summed E-state index contributed by atoms with van der Waals surface area (Å²) in [5.41, 5.74) is 0. The van der Waals surface area contributed by atoms with Gasteiger partial charge in [0.2, 0.25) is 15.6 Å². The van der Waals surface area contributed by atoms with Crippen molar-refractivity contribution in [2.75, 3.05) is 31.5 Å². The van der Waals surface area contributed by atoms with Crippen molar-refractivity contribution in [2.24, 2.45) is 0 Å². The van der Waals surface area contributed by atoms with Gasteiger partial charge in [-0.25, -0.2) is 0 Å². The van der Waals surface area contributed by atoms with Crippen molar-refractivity contribution in [2.45, 2.75) is 37.9 Å². The number of hydrogen-bond donors (Lipinski definition) is 0. The van der Waals surface area contributed by atoms with Crippen LogP contribution >= 0.6 is 48.0 Å². The summed E-state index contributed by atoms with van der Waals surface area (Å²) in [6, 6.07) is 0. The summed E-state index contributed by atoms with van der Waals surface area (Å²) in [6.45, 7) is 1.80. The maximum atomic E-state index is 5.52. The summed E-state index contributed by atoms with van der Waals surface area (Å²) < 4.78 is 22.7. The van der Waals surface area contributed by atoms with Gasteiger partial charge in [0.1, 0.15) is 0 Å². The Morgan fingerprint density at radius 2 is 1.38 bits per heavy atom. The zero-order chi connectivity index (χ0) is 14.9. The van der Waals surface area contributed by atoms with Gasteiger partial charge in [-0.15, -0.1) is 0 Å². The first-order valence-electron chi connectivity index (χ1n) is 7.06. The molecule has 0 aliphatic carbocycles. The third kappa shape index (κ3) is 7.47. The Balaban J connectivity index is 1.45. The topological polar surface area (TPSA) is 36.9 Å². The second-order valence-electron chi connectivity index (χ2n) is 4.80. The zero-order valence-electron chi connectivity index (χ0n) is 11.8. The van der Waals surface area contributed by atoms with Gasteiger partial charge in [0.05, 0.1) is 12.2 Å². The molecule has 2 unspecified atom stereocenters. The standard InChI is InChI=1S/C13H20O4S4/c18-12(20-7-10-3-1-5-14-10)16-9-17-13(19)21-8-11-4-2-6-15-11/h10-11H,1-9H2. The Hall–Kier alpha value is 0.400. The van der Waals surface area contributed by atoms with Gasteiger partial charge in [-0.05, 0) is 50.1 Å². The van der Waals surface area contributed by atoms with Crippen molar-refractivity contribution in [3.8, 4) is 0 Å². The maximum absolute atomic E-state index is 5.52. The van der Waals surface area contributed by atoms with Crippen LogP contribution in [0, 0.1) is 0 Å². The van der Waals surface area contributed by atoms with Crippen LogP contribution in [-0.2, 0) is 18.9 Å². The van der Waals surface area contributed by atoms with E-state index in [9.17, 15) is 0 Å². The van der Waals surface area contributed by atoms with Crippen molar-refractivity contribution in [3.05, 3.63) is 0 Å². The molecule has 0 aromatic rings. The Morgan fingerprint density at radius 1 is 0.905 bits per heavy atom. The van der Waals surface area contributed by atoms with E-state index in [2.05, 4.69) is 0 Å². The van der Waals surface area contributed by atoms with E-state index in [0.29, 0.717) is 21.0 Å². The molecule has 0 bridgehead atoms. The first kappa shape index (κ1) is 17.7. The first-order valence-corrected chi connectivity index (χ1v) is 9.85. The first-order chi connectivity index (χ1) is 10.2. The van der Waals surface area contributed by atoms with Crippen molar-refractivity contribution >= 4 is 56.7 Å². The van der Waals surface area contributed by atoms with E-state index in [-0.39, 0.29) is 6.79 Å². The van der Waals surface area contributed by atoms with Crippen LogP contribution in [-0.4, -0.2) is 52.5 Å². The van der Waals surface area contributed by atoms with E-state index in [4.69, 9.17) is 43.4 Å². The summed E-state index contributed by atoms with van der Waals surface area (Å²) >= 11 is 13.2. The maximum Gasteiger partial charge on any atom is 0.234 e. The number of thiocarbonyl (C=S) groups is 2. The number of hydrogen-bond acceptors (Lipinski definition) is 8. The molecule has 2 heterocycles. The van der Waals surface area contributed by atoms with E-state index in [0.717, 1.165) is 50.4 Å². The fourth-order valence-electron chi connectivity index (χ4n) is 2.08. The molecule has 4 nitrogen and oxygen atoms in total. The normalized spacial score (nSPS) is 25.0. The van der Waals surface area contributed by atoms with E-state index in [1.165, 1.54) is 23.5 Å². The van der Waals surface area contributed by atoms with Gasteiger partial charge in [-0.2, -0.15) is 0 Å². The molecule has 2 aliphatic heterocycles. The molecule has 2 saturated heterocycles. The highest BCUT2D eigenvalue weighted by molar-refractivity contribution is 8.23. The Kier molecular flexibility index (Phi) is 8.64. The minimum Gasteiger partial charge on any atom is -0.441 e. The van der Waals surface area contributed by atoms with Crippen LogP contribution in [0.25, 0.3) is 0 Å².